The molecule has 0 aliphatic carbocycles. The van der Waals surface area contributed by atoms with E-state index in [2.05, 4.69) is 60.4 Å². The maximum absolute atomic E-state index is 13.5. The number of likely N-dealkylation sites (N-methyl/N-ethyl adjacent to an activating group) is 1. The summed E-state index contributed by atoms with van der Waals surface area (Å²) in [5.41, 5.74) is 5.17. The van der Waals surface area contributed by atoms with E-state index < -0.39 is 5.54 Å². The smallest absolute Gasteiger partial charge is 0.327 e. The molecule has 0 unspecified atom stereocenters. The van der Waals surface area contributed by atoms with E-state index in [9.17, 15) is 9.59 Å². The number of ether oxygens (including phenoxy) is 1. The molecule has 0 N–H and O–H groups in total. The number of urea groups is 1. The summed E-state index contributed by atoms with van der Waals surface area (Å²) in [6.45, 7) is 4.80. The average Bonchev–Trinajstić information content (AvgIpc) is 3.07. The molecule has 2 aliphatic heterocycles. The van der Waals surface area contributed by atoms with Crippen LogP contribution < -0.4 is 4.74 Å². The SMILES string of the molecule is COc1ccc(CN2C(=O)N(C)C3(CCN(Cc4cccc(-c5ccccc5C)c4)CC3)C2=O)cc1. The number of aryl methyl sites for hydroxylation is 1. The lowest BCUT2D eigenvalue weighted by Gasteiger charge is -2.40. The molecule has 5 rings (SSSR count). The molecule has 2 aliphatic rings. The Labute approximate surface area is 213 Å². The first kappa shape index (κ1) is 24.1. The number of hydrogen-bond donors (Lipinski definition) is 0. The van der Waals surface area contributed by atoms with Crippen LogP contribution in [0, 0.1) is 6.92 Å². The van der Waals surface area contributed by atoms with Gasteiger partial charge in [0.1, 0.15) is 11.3 Å². The summed E-state index contributed by atoms with van der Waals surface area (Å²) < 4.78 is 5.21. The van der Waals surface area contributed by atoms with Crippen LogP contribution >= 0.6 is 0 Å². The van der Waals surface area contributed by atoms with Gasteiger partial charge in [-0.2, -0.15) is 0 Å². The Kier molecular flexibility index (Phi) is 6.54. The van der Waals surface area contributed by atoms with E-state index in [0.717, 1.165) is 30.9 Å². The molecule has 0 bridgehead atoms. The predicted molar refractivity (Wildman–Crippen MR) is 141 cm³/mol. The molecule has 0 atom stereocenters. The van der Waals surface area contributed by atoms with Gasteiger partial charge in [0.2, 0.25) is 0 Å². The molecule has 0 saturated carbocycles. The molecule has 3 aromatic rings. The second-order valence-electron chi connectivity index (χ2n) is 9.90. The largest absolute Gasteiger partial charge is 0.497 e. The van der Waals surface area contributed by atoms with Gasteiger partial charge in [0, 0.05) is 26.7 Å². The fourth-order valence-corrected chi connectivity index (χ4v) is 5.52. The van der Waals surface area contributed by atoms with Crippen molar-refractivity contribution in [3.8, 4) is 16.9 Å². The first-order valence-electron chi connectivity index (χ1n) is 12.5. The Balaban J connectivity index is 1.25. The van der Waals surface area contributed by atoms with Crippen molar-refractivity contribution in [1.82, 2.24) is 14.7 Å². The first-order valence-corrected chi connectivity index (χ1v) is 12.5. The Bertz CT molecular complexity index is 1260. The minimum Gasteiger partial charge on any atom is -0.497 e. The van der Waals surface area contributed by atoms with Crippen LogP contribution in [0.25, 0.3) is 11.1 Å². The second-order valence-corrected chi connectivity index (χ2v) is 9.90. The fraction of sp³-hybridized carbons (Fsp3) is 0.333. The zero-order valence-electron chi connectivity index (χ0n) is 21.2. The standard InChI is InChI=1S/C30H33N3O3/c1-22-7-4-5-10-27(22)25-9-6-8-24(19-25)20-32-17-15-30(16-18-32)28(34)33(29(35)31(30)2)21-23-11-13-26(36-3)14-12-23/h4-14,19H,15-18,20-21H2,1-3H3. The van der Waals surface area contributed by atoms with Crippen molar-refractivity contribution in [1.29, 1.82) is 0 Å². The van der Waals surface area contributed by atoms with Gasteiger partial charge < -0.3 is 9.64 Å². The first-order chi connectivity index (χ1) is 17.4. The van der Waals surface area contributed by atoms with Crippen LogP contribution in [0.3, 0.4) is 0 Å². The Morgan fingerprint density at radius 3 is 2.28 bits per heavy atom. The molecule has 36 heavy (non-hydrogen) atoms. The van der Waals surface area contributed by atoms with E-state index >= 15 is 0 Å². The molecule has 6 heteroatoms. The fourth-order valence-electron chi connectivity index (χ4n) is 5.52. The van der Waals surface area contributed by atoms with E-state index in [4.69, 9.17) is 4.74 Å². The van der Waals surface area contributed by atoms with Gasteiger partial charge >= 0.3 is 6.03 Å². The van der Waals surface area contributed by atoms with Gasteiger partial charge in [-0.15, -0.1) is 0 Å². The quantitative estimate of drug-likeness (QED) is 0.458. The molecular weight excluding hydrogens is 450 g/mol. The third-order valence-corrected chi connectivity index (χ3v) is 7.78. The summed E-state index contributed by atoms with van der Waals surface area (Å²) in [7, 11) is 3.39. The Hall–Kier alpha value is -3.64. The topological polar surface area (TPSA) is 53.1 Å². The van der Waals surface area contributed by atoms with Gasteiger partial charge in [-0.05, 0) is 65.8 Å². The van der Waals surface area contributed by atoms with Crippen molar-refractivity contribution in [3.05, 3.63) is 89.5 Å². The number of piperidine rings is 1. The Morgan fingerprint density at radius 2 is 1.58 bits per heavy atom. The van der Waals surface area contributed by atoms with Crippen LogP contribution in [0.5, 0.6) is 5.75 Å². The predicted octanol–water partition coefficient (Wildman–Crippen LogP) is 5.10. The summed E-state index contributed by atoms with van der Waals surface area (Å²) in [4.78, 5) is 32.1. The molecular formula is C30H33N3O3. The zero-order valence-corrected chi connectivity index (χ0v) is 21.2. The minimum absolute atomic E-state index is 0.0768. The number of nitrogens with zero attached hydrogens (tertiary/aromatic N) is 3. The van der Waals surface area contributed by atoms with Gasteiger partial charge in [0.25, 0.3) is 5.91 Å². The van der Waals surface area contributed by atoms with Crippen LogP contribution in [-0.4, -0.2) is 59.4 Å². The van der Waals surface area contributed by atoms with E-state index in [1.54, 1.807) is 19.1 Å². The molecule has 6 nitrogen and oxygen atoms in total. The van der Waals surface area contributed by atoms with E-state index in [1.165, 1.54) is 27.2 Å². The number of carbonyl (C=O) groups is 2. The summed E-state index contributed by atoms with van der Waals surface area (Å²) in [6.07, 6.45) is 1.29. The van der Waals surface area contributed by atoms with Crippen LogP contribution in [0.1, 0.15) is 29.5 Å². The summed E-state index contributed by atoms with van der Waals surface area (Å²) in [6, 6.07) is 24.4. The van der Waals surface area contributed by atoms with Crippen LogP contribution in [0.15, 0.2) is 72.8 Å². The second kappa shape index (κ2) is 9.78. The van der Waals surface area contributed by atoms with Crippen molar-refractivity contribution < 1.29 is 14.3 Å². The number of hydrogen-bond acceptors (Lipinski definition) is 4. The molecule has 186 valence electrons. The van der Waals surface area contributed by atoms with Crippen LogP contribution in [0.2, 0.25) is 0 Å². The van der Waals surface area contributed by atoms with Crippen molar-refractivity contribution in [3.63, 3.8) is 0 Å². The van der Waals surface area contributed by atoms with Gasteiger partial charge in [-0.25, -0.2) is 4.79 Å². The van der Waals surface area contributed by atoms with E-state index in [1.807, 2.05) is 24.3 Å². The maximum Gasteiger partial charge on any atom is 0.327 e. The van der Waals surface area contributed by atoms with Crippen molar-refractivity contribution >= 4 is 11.9 Å². The average molecular weight is 484 g/mol. The monoisotopic (exact) mass is 483 g/mol. The van der Waals surface area contributed by atoms with Crippen LogP contribution in [0.4, 0.5) is 4.79 Å². The number of amides is 3. The lowest BCUT2D eigenvalue weighted by molar-refractivity contribution is -0.135. The van der Waals surface area contributed by atoms with Gasteiger partial charge in [0.05, 0.1) is 13.7 Å². The van der Waals surface area contributed by atoms with Crippen molar-refractivity contribution in [2.45, 2.75) is 38.4 Å². The highest BCUT2D eigenvalue weighted by Gasteiger charge is 2.56. The van der Waals surface area contributed by atoms with Gasteiger partial charge in [-0.1, -0.05) is 54.6 Å². The van der Waals surface area contributed by atoms with E-state index in [0.29, 0.717) is 12.8 Å². The Morgan fingerprint density at radius 1 is 0.861 bits per heavy atom. The number of methoxy groups -OCH3 is 1. The molecule has 2 saturated heterocycles. The minimum atomic E-state index is -0.747. The highest BCUT2D eigenvalue weighted by atomic mass is 16.5. The lowest BCUT2D eigenvalue weighted by Crippen LogP contribution is -2.55. The zero-order chi connectivity index (χ0) is 25.3. The summed E-state index contributed by atoms with van der Waals surface area (Å²) in [5, 5.41) is 0. The highest BCUT2D eigenvalue weighted by Crippen LogP contribution is 2.37. The summed E-state index contributed by atoms with van der Waals surface area (Å²) in [5.74, 6) is 0.676. The maximum atomic E-state index is 13.5. The molecule has 3 amide bonds. The van der Waals surface area contributed by atoms with Gasteiger partial charge in [0.15, 0.2) is 0 Å². The molecule has 0 aromatic heterocycles. The highest BCUT2D eigenvalue weighted by molar-refractivity contribution is 6.06. The molecule has 0 radical (unpaired) electrons. The lowest BCUT2D eigenvalue weighted by atomic mass is 9.86. The van der Waals surface area contributed by atoms with Crippen LogP contribution in [-0.2, 0) is 17.9 Å². The van der Waals surface area contributed by atoms with Crippen molar-refractivity contribution in [2.75, 3.05) is 27.2 Å². The third kappa shape index (κ3) is 4.37. The molecule has 1 spiro atoms. The summed E-state index contributed by atoms with van der Waals surface area (Å²) >= 11 is 0. The third-order valence-electron chi connectivity index (χ3n) is 7.78. The van der Waals surface area contributed by atoms with Crippen molar-refractivity contribution in [2.24, 2.45) is 0 Å². The van der Waals surface area contributed by atoms with Gasteiger partial charge in [-0.3, -0.25) is 14.6 Å². The molecule has 3 aromatic carbocycles. The number of likely N-dealkylation sites (tertiary alicyclic amines) is 1. The van der Waals surface area contributed by atoms with E-state index in [-0.39, 0.29) is 18.5 Å². The number of rotatable bonds is 6. The number of carbonyl (C=O) groups excluding carboxylic acids is 2. The number of imide groups is 1. The molecule has 2 fully saturated rings. The number of benzene rings is 3. The normalized spacial score (nSPS) is 17.8. The molecule has 2 heterocycles.